The molecular formula is C18H32N3O3P. The van der Waals surface area contributed by atoms with Crippen molar-refractivity contribution in [2.45, 2.75) is 46.0 Å². The first-order valence-electron chi connectivity index (χ1n) is 9.48. The Balaban J connectivity index is 2.01. The normalized spacial score (nSPS) is 18.6. The fraction of sp³-hybridized carbons (Fsp3) is 0.722. The van der Waals surface area contributed by atoms with E-state index in [1.54, 1.807) is 0 Å². The van der Waals surface area contributed by atoms with Crippen LogP contribution in [0.5, 0.6) is 0 Å². The molecule has 2 rings (SSSR count). The lowest BCUT2D eigenvalue weighted by molar-refractivity contribution is 0.166. The van der Waals surface area contributed by atoms with Crippen LogP contribution in [0.3, 0.4) is 0 Å². The molecule has 25 heavy (non-hydrogen) atoms. The molecule has 6 nitrogen and oxygen atoms in total. The standard InChI is InChI=1S/C18H32N3O3P/c1-3-23-25(22,24-4-2)21-15-7-5-6-9-17-10-8-11-18(20-17)12-13-19-14-16-21/h8,10-11,19H,3-7,9,12-16H2,1-2H3. The fourth-order valence-corrected chi connectivity index (χ4v) is 4.80. The fourth-order valence-electron chi connectivity index (χ4n) is 3.02. The van der Waals surface area contributed by atoms with Gasteiger partial charge in [0.2, 0.25) is 0 Å². The molecule has 142 valence electrons. The van der Waals surface area contributed by atoms with Gasteiger partial charge in [-0.25, -0.2) is 9.24 Å². The Morgan fingerprint density at radius 3 is 2.48 bits per heavy atom. The zero-order chi connectivity index (χ0) is 18.0. The summed E-state index contributed by atoms with van der Waals surface area (Å²) in [5, 5.41) is 3.42. The third kappa shape index (κ3) is 6.80. The summed E-state index contributed by atoms with van der Waals surface area (Å²) in [5.74, 6) is 0. The second kappa shape index (κ2) is 11.0. The monoisotopic (exact) mass is 369 g/mol. The average Bonchev–Trinajstić information content (AvgIpc) is 2.59. The summed E-state index contributed by atoms with van der Waals surface area (Å²) in [6, 6.07) is 6.29. The molecule has 1 aliphatic rings. The predicted octanol–water partition coefficient (Wildman–Crippen LogP) is 3.42. The smallest absolute Gasteiger partial charge is 0.315 e. The zero-order valence-corrected chi connectivity index (χ0v) is 16.5. The van der Waals surface area contributed by atoms with E-state index >= 15 is 0 Å². The number of fused-ring (bicyclic) bond motifs is 2. The Morgan fingerprint density at radius 1 is 1.04 bits per heavy atom. The molecule has 0 fully saturated rings. The number of nitrogens with zero attached hydrogens (tertiary/aromatic N) is 2. The minimum absolute atomic E-state index is 0.390. The van der Waals surface area contributed by atoms with Crippen molar-refractivity contribution < 1.29 is 13.6 Å². The zero-order valence-electron chi connectivity index (χ0n) is 15.6. The summed E-state index contributed by atoms with van der Waals surface area (Å²) in [7, 11) is -3.19. The third-order valence-corrected chi connectivity index (χ3v) is 6.51. The summed E-state index contributed by atoms with van der Waals surface area (Å²) in [5.41, 5.74) is 2.30. The van der Waals surface area contributed by atoms with E-state index in [2.05, 4.69) is 23.5 Å². The molecule has 1 aromatic rings. The van der Waals surface area contributed by atoms with Gasteiger partial charge in [0.15, 0.2) is 0 Å². The van der Waals surface area contributed by atoms with Crippen LogP contribution in [0.4, 0.5) is 0 Å². The molecule has 0 amide bonds. The molecule has 0 saturated heterocycles. The van der Waals surface area contributed by atoms with Crippen molar-refractivity contribution in [1.82, 2.24) is 15.0 Å². The molecular weight excluding hydrogens is 337 g/mol. The van der Waals surface area contributed by atoms with Crippen LogP contribution in [0.15, 0.2) is 18.2 Å². The summed E-state index contributed by atoms with van der Waals surface area (Å²) in [4.78, 5) is 4.73. The van der Waals surface area contributed by atoms with Crippen LogP contribution in [-0.4, -0.2) is 49.0 Å². The van der Waals surface area contributed by atoms with Crippen molar-refractivity contribution in [3.05, 3.63) is 29.6 Å². The first-order chi connectivity index (χ1) is 12.2. The van der Waals surface area contributed by atoms with Crippen LogP contribution < -0.4 is 5.32 Å². The van der Waals surface area contributed by atoms with E-state index in [4.69, 9.17) is 14.0 Å². The number of aromatic nitrogens is 1. The molecule has 0 saturated carbocycles. The van der Waals surface area contributed by atoms with E-state index in [9.17, 15) is 4.57 Å². The lowest BCUT2D eigenvalue weighted by Crippen LogP contribution is -2.33. The van der Waals surface area contributed by atoms with Crippen molar-refractivity contribution >= 4 is 7.75 Å². The first kappa shape index (κ1) is 20.5. The van der Waals surface area contributed by atoms with Crippen LogP contribution in [-0.2, 0) is 26.5 Å². The van der Waals surface area contributed by atoms with Gasteiger partial charge in [-0.05, 0) is 45.2 Å². The summed E-state index contributed by atoms with van der Waals surface area (Å²) >= 11 is 0. The van der Waals surface area contributed by atoms with Gasteiger partial charge in [-0.2, -0.15) is 0 Å². The van der Waals surface area contributed by atoms with Gasteiger partial charge in [0.1, 0.15) is 0 Å². The molecule has 0 spiro atoms. The molecule has 0 aliphatic carbocycles. The highest BCUT2D eigenvalue weighted by Crippen LogP contribution is 2.51. The van der Waals surface area contributed by atoms with Crippen LogP contribution >= 0.6 is 7.75 Å². The van der Waals surface area contributed by atoms with Gasteiger partial charge >= 0.3 is 7.75 Å². The van der Waals surface area contributed by atoms with E-state index < -0.39 is 7.75 Å². The predicted molar refractivity (Wildman–Crippen MR) is 101 cm³/mol. The minimum atomic E-state index is -3.19. The molecule has 0 radical (unpaired) electrons. The van der Waals surface area contributed by atoms with E-state index in [1.165, 1.54) is 5.69 Å². The Hall–Kier alpha value is -0.780. The Bertz CT molecular complexity index is 517. The maximum Gasteiger partial charge on any atom is 0.408 e. The van der Waals surface area contributed by atoms with E-state index in [0.29, 0.717) is 19.8 Å². The molecule has 0 unspecified atom stereocenters. The van der Waals surface area contributed by atoms with Crippen LogP contribution in [0, 0.1) is 0 Å². The van der Waals surface area contributed by atoms with Gasteiger partial charge in [0.05, 0.1) is 13.2 Å². The van der Waals surface area contributed by atoms with E-state index in [0.717, 1.165) is 57.4 Å². The highest BCUT2D eigenvalue weighted by Gasteiger charge is 2.32. The summed E-state index contributed by atoms with van der Waals surface area (Å²) in [6.07, 6.45) is 5.05. The molecule has 2 heterocycles. The summed E-state index contributed by atoms with van der Waals surface area (Å²) in [6.45, 7) is 7.49. The Kier molecular flexibility index (Phi) is 9.07. The van der Waals surface area contributed by atoms with Crippen LogP contribution in [0.1, 0.15) is 44.5 Å². The van der Waals surface area contributed by atoms with Crippen molar-refractivity contribution in [1.29, 1.82) is 0 Å². The van der Waals surface area contributed by atoms with Crippen molar-refractivity contribution in [2.75, 3.05) is 39.4 Å². The molecule has 1 aliphatic heterocycles. The van der Waals surface area contributed by atoms with Gasteiger partial charge in [-0.15, -0.1) is 0 Å². The topological polar surface area (TPSA) is 63.7 Å². The highest BCUT2D eigenvalue weighted by atomic mass is 31.2. The minimum Gasteiger partial charge on any atom is -0.315 e. The Morgan fingerprint density at radius 2 is 1.76 bits per heavy atom. The number of rotatable bonds is 5. The number of nitrogens with one attached hydrogen (secondary N) is 1. The number of hydrogen-bond donors (Lipinski definition) is 1. The largest absolute Gasteiger partial charge is 0.408 e. The van der Waals surface area contributed by atoms with Crippen LogP contribution in [0.25, 0.3) is 0 Å². The molecule has 0 atom stereocenters. The number of hydrogen-bond acceptors (Lipinski definition) is 5. The van der Waals surface area contributed by atoms with Crippen molar-refractivity contribution in [2.24, 2.45) is 0 Å². The highest BCUT2D eigenvalue weighted by molar-refractivity contribution is 7.51. The maximum atomic E-state index is 13.1. The van der Waals surface area contributed by atoms with Gasteiger partial charge in [0.25, 0.3) is 0 Å². The molecule has 7 heteroatoms. The van der Waals surface area contributed by atoms with Gasteiger partial charge < -0.3 is 5.32 Å². The molecule has 2 bridgehead atoms. The van der Waals surface area contributed by atoms with Crippen molar-refractivity contribution in [3.8, 4) is 0 Å². The van der Waals surface area contributed by atoms with E-state index in [1.807, 2.05) is 18.5 Å². The maximum absolute atomic E-state index is 13.1. The lowest BCUT2D eigenvalue weighted by Gasteiger charge is -2.30. The van der Waals surface area contributed by atoms with Gasteiger partial charge in [0, 0.05) is 44.0 Å². The second-order valence-electron chi connectivity index (χ2n) is 6.19. The van der Waals surface area contributed by atoms with Crippen molar-refractivity contribution in [3.63, 3.8) is 0 Å². The van der Waals surface area contributed by atoms with Gasteiger partial charge in [-0.1, -0.05) is 12.5 Å². The molecule has 0 aromatic carbocycles. The Labute approximate surface area is 151 Å². The van der Waals surface area contributed by atoms with Crippen LogP contribution in [0.2, 0.25) is 0 Å². The SMILES string of the molecule is CCOP(=O)(OCC)N1CCCCCc2cccc(n2)CCNCC1. The quantitative estimate of drug-likeness (QED) is 0.803. The molecule has 1 N–H and O–H groups in total. The first-order valence-corrected chi connectivity index (χ1v) is 11.0. The van der Waals surface area contributed by atoms with E-state index in [-0.39, 0.29) is 0 Å². The van der Waals surface area contributed by atoms with Gasteiger partial charge in [-0.3, -0.25) is 14.0 Å². The lowest BCUT2D eigenvalue weighted by atomic mass is 10.1. The number of pyridine rings is 1. The average molecular weight is 369 g/mol. The third-order valence-electron chi connectivity index (χ3n) is 4.25. The summed E-state index contributed by atoms with van der Waals surface area (Å²) < 4.78 is 26.0. The molecule has 1 aromatic heterocycles. The second-order valence-corrected chi connectivity index (χ2v) is 8.21. The number of aryl methyl sites for hydroxylation is 1.